The van der Waals surface area contributed by atoms with Crippen LogP contribution in [0.4, 0.5) is 10.8 Å². The molecule has 11 heteroatoms. The normalized spacial score (nSPS) is 11.6. The highest BCUT2D eigenvalue weighted by Gasteiger charge is 2.23. The maximum absolute atomic E-state index is 12.3. The number of nitrogens with one attached hydrogen (secondary N) is 1. The largest absolute Gasteiger partial charge is 0.299 e. The first kappa shape index (κ1) is 20.9. The quantitative estimate of drug-likeness (QED) is 0.506. The molecular weight excluding hydrogens is 416 g/mol. The van der Waals surface area contributed by atoms with Gasteiger partial charge in [0, 0.05) is 5.75 Å². The van der Waals surface area contributed by atoms with Gasteiger partial charge in [0.15, 0.2) is 4.34 Å². The lowest BCUT2D eigenvalue weighted by Gasteiger charge is -2.22. The number of benzene rings is 1. The van der Waals surface area contributed by atoms with E-state index in [2.05, 4.69) is 29.4 Å². The summed E-state index contributed by atoms with van der Waals surface area (Å²) in [7, 11) is -3.69. The van der Waals surface area contributed by atoms with Gasteiger partial charge in [0.2, 0.25) is 21.1 Å². The highest BCUT2D eigenvalue weighted by atomic mass is 35.5. The SMILES string of the molecule is CC(C)CSc1nnc(NC(=O)CN(c2ccccc2Cl)S(C)(=O)=O)s1. The number of para-hydroxylation sites is 1. The molecule has 0 fully saturated rings. The molecule has 1 aromatic carbocycles. The van der Waals surface area contributed by atoms with Crippen molar-refractivity contribution in [2.45, 2.75) is 18.2 Å². The zero-order valence-corrected chi connectivity index (χ0v) is 17.7. The van der Waals surface area contributed by atoms with Gasteiger partial charge in [-0.2, -0.15) is 0 Å². The third kappa shape index (κ3) is 6.11. The zero-order valence-electron chi connectivity index (χ0n) is 14.5. The lowest BCUT2D eigenvalue weighted by molar-refractivity contribution is -0.114. The predicted octanol–water partition coefficient (Wildman–Crippen LogP) is 3.34. The molecule has 7 nitrogen and oxygen atoms in total. The zero-order chi connectivity index (χ0) is 19.3. The highest BCUT2D eigenvalue weighted by molar-refractivity contribution is 8.01. The molecule has 1 heterocycles. The molecule has 0 aliphatic carbocycles. The van der Waals surface area contributed by atoms with Crippen LogP contribution in [-0.4, -0.2) is 43.1 Å². The fourth-order valence-electron chi connectivity index (χ4n) is 1.88. The molecule has 0 spiro atoms. The molecule has 0 atom stereocenters. The van der Waals surface area contributed by atoms with Crippen molar-refractivity contribution in [1.82, 2.24) is 10.2 Å². The van der Waals surface area contributed by atoms with Crippen molar-refractivity contribution in [3.05, 3.63) is 29.3 Å². The number of amides is 1. The van der Waals surface area contributed by atoms with Crippen molar-refractivity contribution in [3.63, 3.8) is 0 Å². The van der Waals surface area contributed by atoms with E-state index in [-0.39, 0.29) is 10.7 Å². The Balaban J connectivity index is 2.08. The molecule has 0 radical (unpaired) electrons. The smallest absolute Gasteiger partial charge is 0.246 e. The van der Waals surface area contributed by atoms with Gasteiger partial charge in [-0.25, -0.2) is 8.42 Å². The van der Waals surface area contributed by atoms with Gasteiger partial charge in [0.1, 0.15) is 6.54 Å². The summed E-state index contributed by atoms with van der Waals surface area (Å²) in [6.07, 6.45) is 1.02. The number of rotatable bonds is 8. The minimum atomic E-state index is -3.69. The number of hydrogen-bond donors (Lipinski definition) is 1. The third-order valence-electron chi connectivity index (χ3n) is 3.00. The molecule has 0 saturated heterocycles. The number of carbonyl (C=O) groups excluding carboxylic acids is 1. The molecule has 0 aliphatic heterocycles. The van der Waals surface area contributed by atoms with Crippen LogP contribution in [0, 0.1) is 5.92 Å². The van der Waals surface area contributed by atoms with Crippen LogP contribution in [0.3, 0.4) is 0 Å². The van der Waals surface area contributed by atoms with Crippen molar-refractivity contribution in [2.75, 3.05) is 28.2 Å². The summed E-state index contributed by atoms with van der Waals surface area (Å²) in [6, 6.07) is 6.45. The van der Waals surface area contributed by atoms with Crippen molar-refractivity contribution in [1.29, 1.82) is 0 Å². The Hall–Kier alpha value is -1.36. The van der Waals surface area contributed by atoms with Crippen molar-refractivity contribution >= 4 is 61.4 Å². The Labute approximate surface area is 166 Å². The minimum Gasteiger partial charge on any atom is -0.299 e. The number of aromatic nitrogens is 2. The van der Waals surface area contributed by atoms with Crippen LogP contribution in [0.15, 0.2) is 28.6 Å². The lowest BCUT2D eigenvalue weighted by atomic mass is 10.3. The van der Waals surface area contributed by atoms with Crippen molar-refractivity contribution < 1.29 is 13.2 Å². The predicted molar refractivity (Wildman–Crippen MR) is 108 cm³/mol. The van der Waals surface area contributed by atoms with Crippen molar-refractivity contribution in [2.24, 2.45) is 5.92 Å². The Morgan fingerprint density at radius 3 is 2.65 bits per heavy atom. The van der Waals surface area contributed by atoms with E-state index < -0.39 is 22.5 Å². The third-order valence-corrected chi connectivity index (χ3v) is 6.85. The van der Waals surface area contributed by atoms with Gasteiger partial charge in [-0.1, -0.05) is 60.7 Å². The maximum atomic E-state index is 12.3. The van der Waals surface area contributed by atoms with Gasteiger partial charge in [0.05, 0.1) is 17.0 Å². The van der Waals surface area contributed by atoms with Gasteiger partial charge in [-0.15, -0.1) is 10.2 Å². The van der Waals surface area contributed by atoms with E-state index >= 15 is 0 Å². The van der Waals surface area contributed by atoms with E-state index in [9.17, 15) is 13.2 Å². The summed E-state index contributed by atoms with van der Waals surface area (Å²) < 4.78 is 25.9. The Bertz CT molecular complexity index is 871. The number of thioether (sulfide) groups is 1. The minimum absolute atomic E-state index is 0.244. The van der Waals surface area contributed by atoms with Crippen LogP contribution in [-0.2, 0) is 14.8 Å². The van der Waals surface area contributed by atoms with E-state index in [1.165, 1.54) is 11.3 Å². The first-order valence-corrected chi connectivity index (χ1v) is 11.7. The number of nitrogens with zero attached hydrogens (tertiary/aromatic N) is 3. The Morgan fingerprint density at radius 2 is 2.04 bits per heavy atom. The van der Waals surface area contributed by atoms with E-state index in [4.69, 9.17) is 11.6 Å². The van der Waals surface area contributed by atoms with E-state index in [0.717, 1.165) is 20.7 Å². The summed E-state index contributed by atoms with van der Waals surface area (Å²) in [4.78, 5) is 12.3. The maximum Gasteiger partial charge on any atom is 0.246 e. The van der Waals surface area contributed by atoms with Crippen LogP contribution in [0.2, 0.25) is 5.02 Å². The fraction of sp³-hybridized carbons (Fsp3) is 0.400. The summed E-state index contributed by atoms with van der Waals surface area (Å²) in [5.74, 6) is 0.893. The standard InChI is InChI=1S/C15H19ClN4O3S3/c1-10(2)9-24-15-19-18-14(25-15)17-13(21)8-20(26(3,22)23)12-7-5-4-6-11(12)16/h4-7,10H,8-9H2,1-3H3,(H,17,18,21). The van der Waals surface area contributed by atoms with Crippen molar-refractivity contribution in [3.8, 4) is 0 Å². The average Bonchev–Trinajstić information content (AvgIpc) is 2.98. The van der Waals surface area contributed by atoms with E-state index in [0.29, 0.717) is 11.0 Å². The molecule has 2 aromatic rings. The number of halogens is 1. The first-order chi connectivity index (χ1) is 12.2. The summed E-state index contributed by atoms with van der Waals surface area (Å²) in [5.41, 5.74) is 0.247. The average molecular weight is 435 g/mol. The molecule has 142 valence electrons. The van der Waals surface area contributed by atoms with Crippen LogP contribution in [0.25, 0.3) is 0 Å². The molecule has 1 aromatic heterocycles. The Morgan fingerprint density at radius 1 is 1.35 bits per heavy atom. The molecule has 0 saturated carbocycles. The van der Waals surface area contributed by atoms with Crippen LogP contribution in [0.5, 0.6) is 0 Å². The van der Waals surface area contributed by atoms with Gasteiger partial charge in [0.25, 0.3) is 0 Å². The molecular formula is C15H19ClN4O3S3. The van der Waals surface area contributed by atoms with E-state index in [1.54, 1.807) is 36.0 Å². The topological polar surface area (TPSA) is 92.3 Å². The summed E-state index contributed by atoms with van der Waals surface area (Å²) in [6.45, 7) is 3.80. The lowest BCUT2D eigenvalue weighted by Crippen LogP contribution is -2.37. The summed E-state index contributed by atoms with van der Waals surface area (Å²) >= 11 is 8.89. The number of sulfonamides is 1. The van der Waals surface area contributed by atoms with Crippen LogP contribution < -0.4 is 9.62 Å². The Kier molecular flexibility index (Phi) is 7.27. The fourth-order valence-corrected chi connectivity index (χ4v) is 4.78. The second kappa shape index (κ2) is 9.03. The second-order valence-electron chi connectivity index (χ2n) is 5.85. The highest BCUT2D eigenvalue weighted by Crippen LogP contribution is 2.28. The molecule has 0 aliphatic rings. The summed E-state index contributed by atoms with van der Waals surface area (Å²) in [5, 5.41) is 11.1. The molecule has 0 unspecified atom stereocenters. The molecule has 1 amide bonds. The van der Waals surface area contributed by atoms with Gasteiger partial charge in [-0.3, -0.25) is 14.4 Å². The number of anilines is 2. The number of carbonyl (C=O) groups is 1. The van der Waals surface area contributed by atoms with Crippen LogP contribution >= 0.6 is 34.7 Å². The van der Waals surface area contributed by atoms with Gasteiger partial charge in [-0.05, 0) is 18.1 Å². The molecule has 2 rings (SSSR count). The molecule has 0 bridgehead atoms. The monoisotopic (exact) mass is 434 g/mol. The van der Waals surface area contributed by atoms with Crippen LogP contribution in [0.1, 0.15) is 13.8 Å². The van der Waals surface area contributed by atoms with Gasteiger partial charge >= 0.3 is 0 Å². The van der Waals surface area contributed by atoms with E-state index in [1.807, 2.05) is 0 Å². The molecule has 1 N–H and O–H groups in total. The second-order valence-corrected chi connectivity index (χ2v) is 10.4. The number of hydrogen-bond acceptors (Lipinski definition) is 7. The first-order valence-electron chi connectivity index (χ1n) is 7.65. The van der Waals surface area contributed by atoms with Gasteiger partial charge < -0.3 is 0 Å². The molecule has 26 heavy (non-hydrogen) atoms.